The molecule has 0 bridgehead atoms. The van der Waals surface area contributed by atoms with Crippen molar-refractivity contribution in [1.29, 1.82) is 0 Å². The smallest absolute Gasteiger partial charge is 0.115 e. The summed E-state index contributed by atoms with van der Waals surface area (Å²) in [6.45, 7) is 1.64. The van der Waals surface area contributed by atoms with E-state index in [1.165, 1.54) is 0 Å². The van der Waals surface area contributed by atoms with Crippen molar-refractivity contribution in [3.05, 3.63) is 24.2 Å². The van der Waals surface area contributed by atoms with Gasteiger partial charge in [-0.15, -0.1) is 0 Å². The van der Waals surface area contributed by atoms with Crippen molar-refractivity contribution < 1.29 is 14.3 Å². The van der Waals surface area contributed by atoms with Crippen LogP contribution in [0.15, 0.2) is 22.8 Å². The Kier molecular flexibility index (Phi) is 1.59. The minimum absolute atomic E-state index is 0.0365. The van der Waals surface area contributed by atoms with Crippen LogP contribution in [0.5, 0.6) is 0 Å². The van der Waals surface area contributed by atoms with Gasteiger partial charge in [-0.2, -0.15) is 0 Å². The van der Waals surface area contributed by atoms with E-state index in [9.17, 15) is 5.11 Å². The first-order valence-corrected chi connectivity index (χ1v) is 5.06. The number of hydrogen-bond acceptors (Lipinski definition) is 3. The normalized spacial score (nSPS) is 26.9. The number of furan rings is 1. The highest BCUT2D eigenvalue weighted by molar-refractivity contribution is 5.27. The molecule has 0 spiro atoms. The van der Waals surface area contributed by atoms with Crippen molar-refractivity contribution in [3.8, 4) is 0 Å². The first kappa shape index (κ1) is 8.50. The Morgan fingerprint density at radius 2 is 2.14 bits per heavy atom. The van der Waals surface area contributed by atoms with Crippen LogP contribution in [0.3, 0.4) is 0 Å². The fourth-order valence-corrected chi connectivity index (χ4v) is 2.51. The molecule has 2 aliphatic rings. The van der Waals surface area contributed by atoms with Crippen molar-refractivity contribution in [3.63, 3.8) is 0 Å². The largest absolute Gasteiger partial charge is 0.469 e. The van der Waals surface area contributed by atoms with Gasteiger partial charge in [0, 0.05) is 12.0 Å². The first-order valence-electron chi connectivity index (χ1n) is 5.06. The van der Waals surface area contributed by atoms with Crippen LogP contribution in [-0.4, -0.2) is 24.9 Å². The van der Waals surface area contributed by atoms with Crippen LogP contribution in [0.1, 0.15) is 18.6 Å². The summed E-state index contributed by atoms with van der Waals surface area (Å²) in [6, 6.07) is 3.90. The van der Waals surface area contributed by atoms with Crippen LogP contribution < -0.4 is 0 Å². The van der Waals surface area contributed by atoms with Gasteiger partial charge in [-0.25, -0.2) is 0 Å². The van der Waals surface area contributed by atoms with Gasteiger partial charge in [-0.1, -0.05) is 0 Å². The molecule has 0 radical (unpaired) electrons. The predicted octanol–water partition coefficient (Wildman–Crippen LogP) is 1.32. The highest BCUT2D eigenvalue weighted by atomic mass is 16.5. The first-order chi connectivity index (χ1) is 6.83. The second-order valence-corrected chi connectivity index (χ2v) is 4.49. The lowest BCUT2D eigenvalue weighted by Crippen LogP contribution is -2.54. The minimum atomic E-state index is -0.0365. The van der Waals surface area contributed by atoms with Gasteiger partial charge in [0.05, 0.1) is 24.9 Å². The molecule has 1 aromatic heterocycles. The van der Waals surface area contributed by atoms with E-state index in [-0.39, 0.29) is 17.4 Å². The van der Waals surface area contributed by atoms with Gasteiger partial charge in [-0.3, -0.25) is 0 Å². The van der Waals surface area contributed by atoms with Crippen LogP contribution in [0, 0.1) is 5.41 Å². The van der Waals surface area contributed by atoms with Gasteiger partial charge in [0.1, 0.15) is 5.76 Å². The fourth-order valence-electron chi connectivity index (χ4n) is 2.51. The molecule has 1 N–H and O–H groups in total. The second kappa shape index (κ2) is 2.61. The molecule has 3 rings (SSSR count). The number of aliphatic hydroxyl groups is 1. The third kappa shape index (κ3) is 0.842. The van der Waals surface area contributed by atoms with E-state index in [1.54, 1.807) is 6.26 Å². The summed E-state index contributed by atoms with van der Waals surface area (Å²) in [6.07, 6.45) is 3.88. The lowest BCUT2D eigenvalue weighted by atomic mass is 9.69. The monoisotopic (exact) mass is 194 g/mol. The summed E-state index contributed by atoms with van der Waals surface area (Å²) in [5, 5.41) is 9.46. The molecular weight excluding hydrogens is 180 g/mol. The summed E-state index contributed by atoms with van der Waals surface area (Å²) in [5.41, 5.74) is 0.00829. The molecule has 1 aliphatic carbocycles. The van der Waals surface area contributed by atoms with E-state index in [2.05, 4.69) is 0 Å². The second-order valence-electron chi connectivity index (χ2n) is 4.49. The van der Waals surface area contributed by atoms with Crippen molar-refractivity contribution >= 4 is 0 Å². The van der Waals surface area contributed by atoms with Gasteiger partial charge >= 0.3 is 0 Å². The molecule has 3 heteroatoms. The molecule has 2 heterocycles. The zero-order valence-electron chi connectivity index (χ0n) is 8.03. The summed E-state index contributed by atoms with van der Waals surface area (Å²) in [5.74, 6) is 0.982. The molecular formula is C11H14O3. The van der Waals surface area contributed by atoms with E-state index in [0.29, 0.717) is 13.2 Å². The lowest BCUT2D eigenvalue weighted by Gasteiger charge is -2.45. The highest BCUT2D eigenvalue weighted by Crippen LogP contribution is 2.62. The number of hydrogen-bond donors (Lipinski definition) is 1. The van der Waals surface area contributed by atoms with Crippen LogP contribution in [0.4, 0.5) is 0 Å². The zero-order chi connectivity index (χ0) is 9.65. The molecule has 1 saturated carbocycles. The highest BCUT2D eigenvalue weighted by Gasteiger charge is 2.64. The molecule has 76 valence electrons. The van der Waals surface area contributed by atoms with E-state index in [4.69, 9.17) is 9.15 Å². The van der Waals surface area contributed by atoms with Crippen molar-refractivity contribution in [2.45, 2.75) is 18.3 Å². The minimum Gasteiger partial charge on any atom is -0.469 e. The van der Waals surface area contributed by atoms with Gasteiger partial charge in [0.15, 0.2) is 0 Å². The van der Waals surface area contributed by atoms with Gasteiger partial charge in [0.25, 0.3) is 0 Å². The lowest BCUT2D eigenvalue weighted by molar-refractivity contribution is -0.119. The quantitative estimate of drug-likeness (QED) is 0.789. The third-order valence-electron chi connectivity index (χ3n) is 3.86. The Bertz CT molecular complexity index is 320. The standard InChI is InChI=1S/C11H14O3/c12-6-10(3-4-10)11(7-13-8-11)9-2-1-5-14-9/h1-2,5,12H,3-4,6-8H2. The van der Waals surface area contributed by atoms with Crippen molar-refractivity contribution in [2.24, 2.45) is 5.41 Å². The topological polar surface area (TPSA) is 42.6 Å². The Labute approximate surface area is 82.7 Å². The molecule has 3 nitrogen and oxygen atoms in total. The van der Waals surface area contributed by atoms with E-state index in [1.807, 2.05) is 12.1 Å². The Morgan fingerprint density at radius 3 is 2.50 bits per heavy atom. The van der Waals surface area contributed by atoms with Crippen molar-refractivity contribution in [2.75, 3.05) is 19.8 Å². The molecule has 2 fully saturated rings. The molecule has 1 aliphatic heterocycles. The maximum atomic E-state index is 9.46. The Balaban J connectivity index is 1.99. The van der Waals surface area contributed by atoms with Gasteiger partial charge < -0.3 is 14.3 Å². The van der Waals surface area contributed by atoms with Crippen LogP contribution in [0.25, 0.3) is 0 Å². The summed E-state index contributed by atoms with van der Waals surface area (Å²) >= 11 is 0. The summed E-state index contributed by atoms with van der Waals surface area (Å²) in [4.78, 5) is 0. The maximum absolute atomic E-state index is 9.46. The number of aliphatic hydroxyl groups excluding tert-OH is 1. The van der Waals surface area contributed by atoms with Crippen LogP contribution >= 0.6 is 0 Å². The van der Waals surface area contributed by atoms with Crippen LogP contribution in [-0.2, 0) is 10.2 Å². The molecule has 14 heavy (non-hydrogen) atoms. The number of rotatable bonds is 3. The van der Waals surface area contributed by atoms with Gasteiger partial charge in [-0.05, 0) is 25.0 Å². The Morgan fingerprint density at radius 1 is 1.36 bits per heavy atom. The SMILES string of the molecule is OCC1(C2(c3ccco3)COC2)CC1. The van der Waals surface area contributed by atoms with E-state index < -0.39 is 0 Å². The average Bonchev–Trinajstić information content (AvgIpc) is 2.72. The fraction of sp³-hybridized carbons (Fsp3) is 0.636. The summed E-state index contributed by atoms with van der Waals surface area (Å²) in [7, 11) is 0. The molecule has 1 saturated heterocycles. The van der Waals surface area contributed by atoms with E-state index in [0.717, 1.165) is 18.6 Å². The Hall–Kier alpha value is -0.800. The van der Waals surface area contributed by atoms with Crippen molar-refractivity contribution in [1.82, 2.24) is 0 Å². The maximum Gasteiger partial charge on any atom is 0.115 e. The molecule has 0 aromatic carbocycles. The molecule has 0 amide bonds. The summed E-state index contributed by atoms with van der Waals surface area (Å²) < 4.78 is 10.8. The molecule has 0 atom stereocenters. The van der Waals surface area contributed by atoms with Gasteiger partial charge in [0.2, 0.25) is 0 Å². The average molecular weight is 194 g/mol. The molecule has 1 aromatic rings. The molecule has 0 unspecified atom stereocenters. The third-order valence-corrected chi connectivity index (χ3v) is 3.86. The number of ether oxygens (including phenoxy) is 1. The van der Waals surface area contributed by atoms with Crippen LogP contribution in [0.2, 0.25) is 0 Å². The zero-order valence-corrected chi connectivity index (χ0v) is 8.03. The predicted molar refractivity (Wildman–Crippen MR) is 50.0 cm³/mol. The van der Waals surface area contributed by atoms with E-state index >= 15 is 0 Å².